The smallest absolute Gasteiger partial charge is 0.223 e. The number of benzene rings is 1. The number of hydrogen-bond acceptors (Lipinski definition) is 7. The summed E-state index contributed by atoms with van der Waals surface area (Å²) in [5.74, 6) is 3.14. The third-order valence-corrected chi connectivity index (χ3v) is 4.28. The number of methoxy groups -OCH3 is 2. The Hall–Kier alpha value is -2.12. The van der Waals surface area contributed by atoms with Gasteiger partial charge in [-0.05, 0) is 18.2 Å². The highest BCUT2D eigenvalue weighted by atomic mass is 16.5. The maximum Gasteiger partial charge on any atom is 0.223 e. The van der Waals surface area contributed by atoms with Crippen LogP contribution in [0.4, 0.5) is 0 Å². The van der Waals surface area contributed by atoms with Gasteiger partial charge in [-0.2, -0.15) is 4.98 Å². The molecule has 0 saturated carbocycles. The van der Waals surface area contributed by atoms with Gasteiger partial charge in [-0.25, -0.2) is 0 Å². The van der Waals surface area contributed by atoms with E-state index >= 15 is 0 Å². The molecule has 0 amide bonds. The van der Waals surface area contributed by atoms with Crippen LogP contribution >= 0.6 is 0 Å². The molecular weight excluding hydrogens is 308 g/mol. The van der Waals surface area contributed by atoms with Gasteiger partial charge in [0.25, 0.3) is 0 Å². The number of aryl methyl sites for hydroxylation is 1. The molecule has 0 N–H and O–H groups in total. The van der Waals surface area contributed by atoms with E-state index < -0.39 is 0 Å². The van der Waals surface area contributed by atoms with Crippen LogP contribution in [0.25, 0.3) is 0 Å². The molecule has 1 aliphatic heterocycles. The molecule has 7 heteroatoms. The highest BCUT2D eigenvalue weighted by Crippen LogP contribution is 2.25. The molecule has 7 nitrogen and oxygen atoms in total. The van der Waals surface area contributed by atoms with Crippen molar-refractivity contribution in [1.82, 2.24) is 19.9 Å². The summed E-state index contributed by atoms with van der Waals surface area (Å²) in [5, 5.41) is 3.97. The van der Waals surface area contributed by atoms with Crippen molar-refractivity contribution in [2.24, 2.45) is 0 Å². The van der Waals surface area contributed by atoms with Gasteiger partial charge in [0, 0.05) is 45.2 Å². The van der Waals surface area contributed by atoms with Gasteiger partial charge in [-0.3, -0.25) is 9.80 Å². The van der Waals surface area contributed by atoms with Crippen LogP contribution in [-0.2, 0) is 13.1 Å². The largest absolute Gasteiger partial charge is 0.497 e. The maximum absolute atomic E-state index is 5.47. The predicted octanol–water partition coefficient (Wildman–Crippen LogP) is 1.71. The van der Waals surface area contributed by atoms with Gasteiger partial charge in [0.05, 0.1) is 20.8 Å². The van der Waals surface area contributed by atoms with E-state index in [0.29, 0.717) is 5.89 Å². The first-order chi connectivity index (χ1) is 11.7. The van der Waals surface area contributed by atoms with E-state index in [0.717, 1.165) is 62.2 Å². The Morgan fingerprint density at radius 3 is 2.33 bits per heavy atom. The second kappa shape index (κ2) is 7.63. The van der Waals surface area contributed by atoms with E-state index in [4.69, 9.17) is 14.0 Å². The highest BCUT2D eigenvalue weighted by molar-refractivity contribution is 5.40. The summed E-state index contributed by atoms with van der Waals surface area (Å²) in [6.07, 6.45) is 0. The van der Waals surface area contributed by atoms with Gasteiger partial charge >= 0.3 is 0 Å². The van der Waals surface area contributed by atoms with Crippen LogP contribution < -0.4 is 9.47 Å². The monoisotopic (exact) mass is 332 g/mol. The lowest BCUT2D eigenvalue weighted by atomic mass is 10.1. The lowest BCUT2D eigenvalue weighted by Crippen LogP contribution is -2.45. The van der Waals surface area contributed by atoms with Crippen molar-refractivity contribution in [1.29, 1.82) is 0 Å². The molecule has 2 aromatic rings. The molecule has 0 aliphatic carbocycles. The van der Waals surface area contributed by atoms with Crippen molar-refractivity contribution < 1.29 is 14.0 Å². The Morgan fingerprint density at radius 2 is 1.75 bits per heavy atom. The molecule has 2 heterocycles. The Bertz CT molecular complexity index is 666. The van der Waals surface area contributed by atoms with Crippen LogP contribution in [0, 0.1) is 6.92 Å². The van der Waals surface area contributed by atoms with Crippen molar-refractivity contribution in [3.8, 4) is 11.5 Å². The fourth-order valence-corrected chi connectivity index (χ4v) is 2.96. The molecule has 0 bridgehead atoms. The molecule has 24 heavy (non-hydrogen) atoms. The lowest BCUT2D eigenvalue weighted by Gasteiger charge is -2.34. The summed E-state index contributed by atoms with van der Waals surface area (Å²) in [6, 6.07) is 5.93. The Labute approximate surface area is 142 Å². The van der Waals surface area contributed by atoms with Crippen LogP contribution in [0.5, 0.6) is 11.5 Å². The van der Waals surface area contributed by atoms with Gasteiger partial charge in [-0.15, -0.1) is 0 Å². The molecule has 0 atom stereocenters. The zero-order valence-corrected chi connectivity index (χ0v) is 14.5. The summed E-state index contributed by atoms with van der Waals surface area (Å²) in [4.78, 5) is 9.05. The summed E-state index contributed by atoms with van der Waals surface area (Å²) in [5.41, 5.74) is 1.15. The van der Waals surface area contributed by atoms with E-state index in [1.165, 1.54) is 0 Å². The fraction of sp³-hybridized carbons (Fsp3) is 0.529. The topological polar surface area (TPSA) is 63.9 Å². The van der Waals surface area contributed by atoms with Gasteiger partial charge < -0.3 is 14.0 Å². The normalized spacial score (nSPS) is 16.3. The summed E-state index contributed by atoms with van der Waals surface area (Å²) >= 11 is 0. The molecule has 0 radical (unpaired) electrons. The number of piperazine rings is 1. The molecule has 1 aromatic carbocycles. The van der Waals surface area contributed by atoms with Crippen LogP contribution in [0.3, 0.4) is 0 Å². The quantitative estimate of drug-likeness (QED) is 0.798. The van der Waals surface area contributed by atoms with Crippen molar-refractivity contribution in [3.63, 3.8) is 0 Å². The molecule has 1 fully saturated rings. The van der Waals surface area contributed by atoms with Crippen LogP contribution in [0.1, 0.15) is 17.3 Å². The van der Waals surface area contributed by atoms with Crippen molar-refractivity contribution in [2.45, 2.75) is 20.0 Å². The first-order valence-corrected chi connectivity index (χ1v) is 8.12. The second-order valence-corrected chi connectivity index (χ2v) is 5.96. The molecular formula is C17H24N4O3. The summed E-state index contributed by atoms with van der Waals surface area (Å²) in [7, 11) is 3.39. The SMILES string of the molecule is COc1ccc(OC)c(CN2CCN(Cc3noc(C)n3)CC2)c1. The van der Waals surface area contributed by atoms with Gasteiger partial charge in [0.1, 0.15) is 11.5 Å². The van der Waals surface area contributed by atoms with Crippen molar-refractivity contribution >= 4 is 0 Å². The standard InChI is InChI=1S/C17H24N4O3/c1-13-18-17(19-24-13)12-21-8-6-20(7-9-21)11-14-10-15(22-2)4-5-16(14)23-3/h4-5,10H,6-9,11-12H2,1-3H3. The minimum absolute atomic E-state index is 0.619. The van der Waals surface area contributed by atoms with E-state index in [1.807, 2.05) is 25.1 Å². The lowest BCUT2D eigenvalue weighted by molar-refractivity contribution is 0.118. The van der Waals surface area contributed by atoms with Gasteiger partial charge in [-0.1, -0.05) is 5.16 Å². The third kappa shape index (κ3) is 4.04. The fourth-order valence-electron chi connectivity index (χ4n) is 2.96. The number of aromatic nitrogens is 2. The molecule has 3 rings (SSSR count). The average molecular weight is 332 g/mol. The molecule has 1 saturated heterocycles. The molecule has 0 unspecified atom stereocenters. The number of ether oxygens (including phenoxy) is 2. The second-order valence-electron chi connectivity index (χ2n) is 5.96. The van der Waals surface area contributed by atoms with Gasteiger partial charge in [0.2, 0.25) is 5.89 Å². The zero-order chi connectivity index (χ0) is 16.9. The van der Waals surface area contributed by atoms with Crippen LogP contribution in [-0.4, -0.2) is 60.3 Å². The molecule has 0 spiro atoms. The Kier molecular flexibility index (Phi) is 5.32. The van der Waals surface area contributed by atoms with Crippen LogP contribution in [0.2, 0.25) is 0 Å². The third-order valence-electron chi connectivity index (χ3n) is 4.28. The predicted molar refractivity (Wildman–Crippen MR) is 89.1 cm³/mol. The number of rotatable bonds is 6. The van der Waals surface area contributed by atoms with Crippen molar-refractivity contribution in [2.75, 3.05) is 40.4 Å². The molecule has 1 aromatic heterocycles. The Morgan fingerprint density at radius 1 is 1.04 bits per heavy atom. The first kappa shape index (κ1) is 16.7. The highest BCUT2D eigenvalue weighted by Gasteiger charge is 2.20. The number of hydrogen-bond donors (Lipinski definition) is 0. The molecule has 1 aliphatic rings. The molecule has 130 valence electrons. The summed E-state index contributed by atoms with van der Waals surface area (Å²) in [6.45, 7) is 7.38. The Balaban J connectivity index is 1.55. The van der Waals surface area contributed by atoms with E-state index in [2.05, 4.69) is 19.9 Å². The first-order valence-electron chi connectivity index (χ1n) is 8.12. The number of nitrogens with zero attached hydrogens (tertiary/aromatic N) is 4. The van der Waals surface area contributed by atoms with Crippen LogP contribution in [0.15, 0.2) is 22.7 Å². The summed E-state index contributed by atoms with van der Waals surface area (Å²) < 4.78 is 15.8. The minimum Gasteiger partial charge on any atom is -0.497 e. The maximum atomic E-state index is 5.47. The zero-order valence-electron chi connectivity index (χ0n) is 14.5. The van der Waals surface area contributed by atoms with E-state index in [-0.39, 0.29) is 0 Å². The van der Waals surface area contributed by atoms with Gasteiger partial charge in [0.15, 0.2) is 5.82 Å². The minimum atomic E-state index is 0.619. The van der Waals surface area contributed by atoms with E-state index in [9.17, 15) is 0 Å². The van der Waals surface area contributed by atoms with E-state index in [1.54, 1.807) is 14.2 Å². The van der Waals surface area contributed by atoms with Crippen molar-refractivity contribution in [3.05, 3.63) is 35.5 Å². The average Bonchev–Trinajstić information content (AvgIpc) is 3.01.